The van der Waals surface area contributed by atoms with Gasteiger partial charge in [0.2, 0.25) is 5.91 Å². The first-order valence-electron chi connectivity index (χ1n) is 10.2. The van der Waals surface area contributed by atoms with Crippen LogP contribution < -0.4 is 0 Å². The average Bonchev–Trinajstić information content (AvgIpc) is 3.18. The molecule has 4 rings (SSSR count). The zero-order chi connectivity index (χ0) is 21.8. The van der Waals surface area contributed by atoms with Crippen molar-refractivity contribution in [3.05, 3.63) is 72.2 Å². The largest absolute Gasteiger partial charge is 0.331 e. The maximum Gasteiger partial charge on any atom is 0.246 e. The number of benzene rings is 1. The second-order valence-corrected chi connectivity index (χ2v) is 7.74. The van der Waals surface area contributed by atoms with Crippen molar-refractivity contribution in [1.82, 2.24) is 24.6 Å². The Bertz CT molecular complexity index is 1140. The van der Waals surface area contributed by atoms with Gasteiger partial charge in [-0.2, -0.15) is 10.4 Å². The Morgan fingerprint density at radius 2 is 1.87 bits per heavy atom. The Morgan fingerprint density at radius 1 is 1.13 bits per heavy atom. The lowest BCUT2D eigenvalue weighted by Crippen LogP contribution is -2.37. The number of likely N-dealkylation sites (N-methyl/N-ethyl adjacent to an activating group) is 1. The molecule has 7 nitrogen and oxygen atoms in total. The number of nitriles is 1. The maximum atomic E-state index is 12.7. The fourth-order valence-corrected chi connectivity index (χ4v) is 3.70. The summed E-state index contributed by atoms with van der Waals surface area (Å²) in [5.41, 5.74) is 5.42. The predicted octanol–water partition coefficient (Wildman–Crippen LogP) is 2.94. The van der Waals surface area contributed by atoms with Gasteiger partial charge in [-0.15, -0.1) is 0 Å². The Labute approximate surface area is 181 Å². The molecule has 0 atom stereocenters. The van der Waals surface area contributed by atoms with Crippen LogP contribution in [0.3, 0.4) is 0 Å². The first kappa shape index (κ1) is 20.5. The maximum absolute atomic E-state index is 12.7. The zero-order valence-electron chi connectivity index (χ0n) is 17.7. The number of amides is 1. The van der Waals surface area contributed by atoms with Gasteiger partial charge in [0.15, 0.2) is 0 Å². The van der Waals surface area contributed by atoms with Crippen molar-refractivity contribution in [3.8, 4) is 28.5 Å². The Balaban J connectivity index is 1.72. The van der Waals surface area contributed by atoms with Gasteiger partial charge in [-0.05, 0) is 43.9 Å². The number of fused-ring (bicyclic) bond motifs is 1. The van der Waals surface area contributed by atoms with Crippen molar-refractivity contribution in [2.75, 3.05) is 27.2 Å². The summed E-state index contributed by atoms with van der Waals surface area (Å²) in [7, 11) is 3.94. The van der Waals surface area contributed by atoms with E-state index < -0.39 is 0 Å². The van der Waals surface area contributed by atoms with Crippen molar-refractivity contribution in [3.63, 3.8) is 0 Å². The number of aromatic nitrogens is 3. The van der Waals surface area contributed by atoms with Gasteiger partial charge in [0, 0.05) is 42.7 Å². The van der Waals surface area contributed by atoms with E-state index in [2.05, 4.69) is 11.1 Å². The molecule has 1 aliphatic rings. The van der Waals surface area contributed by atoms with Crippen molar-refractivity contribution >= 4 is 5.91 Å². The summed E-state index contributed by atoms with van der Waals surface area (Å²) >= 11 is 0. The van der Waals surface area contributed by atoms with Crippen LogP contribution in [0.25, 0.3) is 22.4 Å². The lowest BCUT2D eigenvalue weighted by atomic mass is 9.98. The van der Waals surface area contributed by atoms with Gasteiger partial charge in [0.25, 0.3) is 0 Å². The predicted molar refractivity (Wildman–Crippen MR) is 119 cm³/mol. The molecule has 0 N–H and O–H groups in total. The highest BCUT2D eigenvalue weighted by Gasteiger charge is 2.27. The van der Waals surface area contributed by atoms with E-state index in [1.54, 1.807) is 30.6 Å². The third kappa shape index (κ3) is 4.39. The van der Waals surface area contributed by atoms with E-state index in [0.717, 1.165) is 34.6 Å². The molecule has 0 unspecified atom stereocenters. The van der Waals surface area contributed by atoms with Crippen molar-refractivity contribution in [2.24, 2.45) is 0 Å². The topological polar surface area (TPSA) is 78.0 Å². The number of pyridine rings is 1. The monoisotopic (exact) mass is 412 g/mol. The molecule has 31 heavy (non-hydrogen) atoms. The van der Waals surface area contributed by atoms with Crippen LogP contribution in [-0.4, -0.2) is 57.7 Å². The minimum atomic E-state index is 0.00917. The Hall–Kier alpha value is -3.76. The minimum absolute atomic E-state index is 0.00917. The molecule has 2 aromatic heterocycles. The molecule has 7 heteroatoms. The van der Waals surface area contributed by atoms with Crippen LogP contribution in [-0.2, 0) is 17.9 Å². The number of hydrogen-bond donors (Lipinski definition) is 0. The normalized spacial score (nSPS) is 13.4. The van der Waals surface area contributed by atoms with Gasteiger partial charge in [-0.3, -0.25) is 14.5 Å². The standard InChI is InChI=1S/C24H24N6O/c1-28(2)13-3-4-22(31)29-14-15-30-21(17-29)23(19-9-11-26-12-10-19)24(27-30)20-7-5-18(16-25)6-8-20/h3-12H,13-15,17H2,1-2H3/b4-3+. The lowest BCUT2D eigenvalue weighted by Gasteiger charge is -2.27. The van der Waals surface area contributed by atoms with Crippen LogP contribution in [0.15, 0.2) is 60.9 Å². The van der Waals surface area contributed by atoms with E-state index in [1.165, 1.54) is 0 Å². The average molecular weight is 412 g/mol. The quantitative estimate of drug-likeness (QED) is 0.602. The summed E-state index contributed by atoms with van der Waals surface area (Å²) in [6.45, 7) is 2.47. The summed E-state index contributed by atoms with van der Waals surface area (Å²) in [6.07, 6.45) is 7.06. The second kappa shape index (κ2) is 8.94. The fourth-order valence-electron chi connectivity index (χ4n) is 3.70. The Kier molecular flexibility index (Phi) is 5.92. The SMILES string of the molecule is CN(C)C/C=C/C(=O)N1CCn2nc(-c3ccc(C#N)cc3)c(-c3ccncc3)c2C1. The number of rotatable bonds is 5. The molecule has 0 radical (unpaired) electrons. The van der Waals surface area contributed by atoms with E-state index in [4.69, 9.17) is 10.4 Å². The summed E-state index contributed by atoms with van der Waals surface area (Å²) in [6, 6.07) is 13.5. The lowest BCUT2D eigenvalue weighted by molar-refractivity contribution is -0.127. The molecule has 1 aromatic carbocycles. The first-order valence-corrected chi connectivity index (χ1v) is 10.2. The van der Waals surface area contributed by atoms with Crippen LogP contribution in [0.5, 0.6) is 0 Å². The molecular formula is C24H24N6O. The Morgan fingerprint density at radius 3 is 2.55 bits per heavy atom. The molecule has 0 spiro atoms. The van der Waals surface area contributed by atoms with Crippen LogP contribution in [0.2, 0.25) is 0 Å². The van der Waals surface area contributed by atoms with E-state index in [0.29, 0.717) is 25.2 Å². The summed E-state index contributed by atoms with van der Waals surface area (Å²) in [5, 5.41) is 14.0. The highest BCUT2D eigenvalue weighted by atomic mass is 16.2. The van der Waals surface area contributed by atoms with Crippen molar-refractivity contribution in [2.45, 2.75) is 13.1 Å². The molecule has 156 valence electrons. The van der Waals surface area contributed by atoms with Gasteiger partial charge in [-0.25, -0.2) is 0 Å². The summed E-state index contributed by atoms with van der Waals surface area (Å²) < 4.78 is 2.00. The number of hydrogen-bond acceptors (Lipinski definition) is 5. The molecule has 3 heterocycles. The summed E-state index contributed by atoms with van der Waals surface area (Å²) in [5.74, 6) is 0.00917. The minimum Gasteiger partial charge on any atom is -0.331 e. The molecule has 0 saturated heterocycles. The van der Waals surface area contributed by atoms with Crippen LogP contribution >= 0.6 is 0 Å². The van der Waals surface area contributed by atoms with Crippen LogP contribution in [0, 0.1) is 11.3 Å². The van der Waals surface area contributed by atoms with Gasteiger partial charge in [0.05, 0.1) is 30.4 Å². The second-order valence-electron chi connectivity index (χ2n) is 7.74. The zero-order valence-corrected chi connectivity index (χ0v) is 17.7. The third-order valence-electron chi connectivity index (χ3n) is 5.28. The number of carbonyl (C=O) groups is 1. The molecule has 0 bridgehead atoms. The fraction of sp³-hybridized carbons (Fsp3) is 0.250. The van der Waals surface area contributed by atoms with E-state index in [-0.39, 0.29) is 5.91 Å². The first-order chi connectivity index (χ1) is 15.1. The molecule has 0 saturated carbocycles. The van der Waals surface area contributed by atoms with E-state index in [1.807, 2.05) is 58.9 Å². The van der Waals surface area contributed by atoms with Gasteiger partial charge < -0.3 is 9.80 Å². The molecule has 1 aliphatic heterocycles. The summed E-state index contributed by atoms with van der Waals surface area (Å²) in [4.78, 5) is 20.7. The number of carbonyl (C=O) groups excluding carboxylic acids is 1. The highest BCUT2D eigenvalue weighted by molar-refractivity contribution is 5.88. The van der Waals surface area contributed by atoms with Crippen LogP contribution in [0.1, 0.15) is 11.3 Å². The highest BCUT2D eigenvalue weighted by Crippen LogP contribution is 2.36. The van der Waals surface area contributed by atoms with E-state index in [9.17, 15) is 4.79 Å². The molecule has 1 amide bonds. The van der Waals surface area contributed by atoms with Crippen molar-refractivity contribution < 1.29 is 4.79 Å². The molecule has 0 fully saturated rings. The number of nitrogens with zero attached hydrogens (tertiary/aromatic N) is 6. The van der Waals surface area contributed by atoms with E-state index >= 15 is 0 Å². The molecule has 3 aromatic rings. The van der Waals surface area contributed by atoms with Gasteiger partial charge >= 0.3 is 0 Å². The smallest absolute Gasteiger partial charge is 0.246 e. The molecule has 0 aliphatic carbocycles. The van der Waals surface area contributed by atoms with Crippen LogP contribution in [0.4, 0.5) is 0 Å². The van der Waals surface area contributed by atoms with Gasteiger partial charge in [-0.1, -0.05) is 18.2 Å². The van der Waals surface area contributed by atoms with Gasteiger partial charge in [0.1, 0.15) is 5.69 Å². The molecular weight excluding hydrogens is 388 g/mol. The third-order valence-corrected chi connectivity index (χ3v) is 5.28. The van der Waals surface area contributed by atoms with Crippen molar-refractivity contribution in [1.29, 1.82) is 5.26 Å².